The summed E-state index contributed by atoms with van der Waals surface area (Å²) in [4.78, 5) is 25.6. The maximum absolute atomic E-state index is 12.4. The average Bonchev–Trinajstić information content (AvgIpc) is 2.78. The number of fused-ring (bicyclic) bond motifs is 1. The standard InChI is InChI=1S/C16H19N5O/c1-10(2)14-7-15(22)21-16(19-14)18-12(4)20(21)9-13-6-5-11(3)17-8-13/h5-8,10H,9H2,1-4H3. The molecule has 0 aromatic carbocycles. The molecule has 0 atom stereocenters. The lowest BCUT2D eigenvalue weighted by atomic mass is 10.1. The molecule has 0 bridgehead atoms. The van der Waals surface area contributed by atoms with Gasteiger partial charge in [0.2, 0.25) is 0 Å². The van der Waals surface area contributed by atoms with Crippen LogP contribution in [0, 0.1) is 13.8 Å². The van der Waals surface area contributed by atoms with Gasteiger partial charge in [0.25, 0.3) is 11.3 Å². The minimum absolute atomic E-state index is 0.102. The van der Waals surface area contributed by atoms with Gasteiger partial charge in [-0.3, -0.25) is 14.5 Å². The molecule has 3 heterocycles. The Hall–Kier alpha value is -2.50. The highest BCUT2D eigenvalue weighted by Crippen LogP contribution is 2.11. The summed E-state index contributed by atoms with van der Waals surface area (Å²) in [6.45, 7) is 8.40. The predicted octanol–water partition coefficient (Wildman–Crippen LogP) is 2.07. The normalized spacial score (nSPS) is 11.5. The summed E-state index contributed by atoms with van der Waals surface area (Å²) in [5, 5.41) is 0. The maximum Gasteiger partial charge on any atom is 0.274 e. The van der Waals surface area contributed by atoms with E-state index in [1.807, 2.05) is 50.7 Å². The number of hydrogen-bond acceptors (Lipinski definition) is 4. The van der Waals surface area contributed by atoms with Crippen LogP contribution in [0.1, 0.15) is 42.5 Å². The minimum Gasteiger partial charge on any atom is -0.267 e. The van der Waals surface area contributed by atoms with Crippen LogP contribution < -0.4 is 5.56 Å². The van der Waals surface area contributed by atoms with Crippen molar-refractivity contribution >= 4 is 5.78 Å². The van der Waals surface area contributed by atoms with Crippen LogP contribution in [0.4, 0.5) is 0 Å². The summed E-state index contributed by atoms with van der Waals surface area (Å²) in [6, 6.07) is 5.55. The van der Waals surface area contributed by atoms with Crippen LogP contribution >= 0.6 is 0 Å². The molecule has 0 fully saturated rings. The van der Waals surface area contributed by atoms with Gasteiger partial charge in [-0.1, -0.05) is 19.9 Å². The lowest BCUT2D eigenvalue weighted by Gasteiger charge is -2.08. The van der Waals surface area contributed by atoms with Crippen LogP contribution in [0.3, 0.4) is 0 Å². The Balaban J connectivity index is 2.12. The molecule has 3 aromatic rings. The second kappa shape index (κ2) is 5.36. The highest BCUT2D eigenvalue weighted by molar-refractivity contribution is 5.30. The van der Waals surface area contributed by atoms with E-state index in [1.165, 1.54) is 4.52 Å². The van der Waals surface area contributed by atoms with E-state index in [2.05, 4.69) is 15.0 Å². The predicted molar refractivity (Wildman–Crippen MR) is 84.1 cm³/mol. The molecule has 0 aliphatic carbocycles. The molecule has 0 amide bonds. The number of pyridine rings is 1. The van der Waals surface area contributed by atoms with E-state index in [9.17, 15) is 4.79 Å². The van der Waals surface area contributed by atoms with Crippen LogP contribution in [0.2, 0.25) is 0 Å². The van der Waals surface area contributed by atoms with Crippen LogP contribution in [0.25, 0.3) is 5.78 Å². The van der Waals surface area contributed by atoms with Gasteiger partial charge in [0.05, 0.1) is 12.2 Å². The molecule has 0 aliphatic heterocycles. The van der Waals surface area contributed by atoms with E-state index < -0.39 is 0 Å². The fourth-order valence-electron chi connectivity index (χ4n) is 2.37. The van der Waals surface area contributed by atoms with Crippen LogP contribution in [-0.4, -0.2) is 24.1 Å². The van der Waals surface area contributed by atoms with E-state index in [0.717, 1.165) is 22.8 Å². The number of aromatic nitrogens is 5. The Bertz CT molecular complexity index is 874. The summed E-state index contributed by atoms with van der Waals surface area (Å²) in [6.07, 6.45) is 1.82. The summed E-state index contributed by atoms with van der Waals surface area (Å²) >= 11 is 0. The monoisotopic (exact) mass is 297 g/mol. The van der Waals surface area contributed by atoms with Gasteiger partial charge in [-0.15, -0.1) is 0 Å². The zero-order valence-electron chi connectivity index (χ0n) is 13.2. The van der Waals surface area contributed by atoms with Gasteiger partial charge in [0.1, 0.15) is 5.82 Å². The van der Waals surface area contributed by atoms with Gasteiger partial charge in [0.15, 0.2) is 0 Å². The van der Waals surface area contributed by atoms with Crippen molar-refractivity contribution < 1.29 is 0 Å². The first-order valence-corrected chi connectivity index (χ1v) is 7.34. The first-order valence-electron chi connectivity index (χ1n) is 7.34. The topological polar surface area (TPSA) is 65.1 Å². The van der Waals surface area contributed by atoms with E-state index in [4.69, 9.17) is 0 Å². The van der Waals surface area contributed by atoms with Crippen molar-refractivity contribution in [3.8, 4) is 0 Å². The lowest BCUT2D eigenvalue weighted by molar-refractivity contribution is 0.596. The largest absolute Gasteiger partial charge is 0.274 e. The van der Waals surface area contributed by atoms with Crippen LogP contribution in [0.15, 0.2) is 29.2 Å². The Kier molecular flexibility index (Phi) is 3.52. The SMILES string of the molecule is Cc1ccc(Cn2c(C)nc3nc(C(C)C)cc(=O)n32)cn1. The molecule has 0 saturated heterocycles. The molecule has 3 rings (SSSR count). The smallest absolute Gasteiger partial charge is 0.267 e. The van der Waals surface area contributed by atoms with E-state index in [1.54, 1.807) is 6.07 Å². The van der Waals surface area contributed by atoms with Gasteiger partial charge in [-0.2, -0.15) is 9.50 Å². The van der Waals surface area contributed by atoms with Crippen molar-refractivity contribution in [2.75, 3.05) is 0 Å². The van der Waals surface area contributed by atoms with Gasteiger partial charge in [-0.25, -0.2) is 4.98 Å². The minimum atomic E-state index is -0.102. The second-order valence-corrected chi connectivity index (χ2v) is 5.81. The molecular formula is C16H19N5O. The number of nitrogens with zero attached hydrogens (tertiary/aromatic N) is 5. The molecule has 0 spiro atoms. The van der Waals surface area contributed by atoms with Gasteiger partial charge < -0.3 is 0 Å². The van der Waals surface area contributed by atoms with E-state index >= 15 is 0 Å². The first kappa shape index (κ1) is 14.4. The highest BCUT2D eigenvalue weighted by atomic mass is 16.1. The molecule has 0 N–H and O–H groups in total. The fourth-order valence-corrected chi connectivity index (χ4v) is 2.37. The molecule has 0 saturated carbocycles. The van der Waals surface area contributed by atoms with Crippen molar-refractivity contribution in [2.45, 2.75) is 40.2 Å². The van der Waals surface area contributed by atoms with Crippen LogP contribution in [0.5, 0.6) is 0 Å². The third-order valence-electron chi connectivity index (χ3n) is 3.67. The quantitative estimate of drug-likeness (QED) is 0.742. The maximum atomic E-state index is 12.4. The molecule has 6 nitrogen and oxygen atoms in total. The van der Waals surface area contributed by atoms with E-state index in [0.29, 0.717) is 12.3 Å². The Morgan fingerprint density at radius 2 is 1.95 bits per heavy atom. The number of aryl methyl sites for hydroxylation is 2. The van der Waals surface area contributed by atoms with Gasteiger partial charge in [-0.05, 0) is 31.4 Å². The third-order valence-corrected chi connectivity index (χ3v) is 3.67. The van der Waals surface area contributed by atoms with Gasteiger partial charge in [0, 0.05) is 18.0 Å². The second-order valence-electron chi connectivity index (χ2n) is 5.81. The molecule has 6 heteroatoms. The molecular weight excluding hydrogens is 278 g/mol. The van der Waals surface area contributed by atoms with Crippen molar-refractivity contribution in [1.82, 2.24) is 24.1 Å². The van der Waals surface area contributed by atoms with E-state index in [-0.39, 0.29) is 11.5 Å². The summed E-state index contributed by atoms with van der Waals surface area (Å²) in [7, 11) is 0. The highest BCUT2D eigenvalue weighted by Gasteiger charge is 2.13. The molecule has 0 radical (unpaired) electrons. The van der Waals surface area contributed by atoms with Crippen molar-refractivity contribution in [2.24, 2.45) is 0 Å². The summed E-state index contributed by atoms with van der Waals surface area (Å²) in [5.41, 5.74) is 2.66. The molecule has 22 heavy (non-hydrogen) atoms. The van der Waals surface area contributed by atoms with Gasteiger partial charge >= 0.3 is 0 Å². The number of hydrogen-bond donors (Lipinski definition) is 0. The third kappa shape index (κ3) is 2.52. The van der Waals surface area contributed by atoms with Crippen molar-refractivity contribution in [3.63, 3.8) is 0 Å². The fraction of sp³-hybridized carbons (Fsp3) is 0.375. The zero-order valence-corrected chi connectivity index (χ0v) is 13.2. The van der Waals surface area contributed by atoms with Crippen molar-refractivity contribution in [3.05, 3.63) is 57.5 Å². The summed E-state index contributed by atoms with van der Waals surface area (Å²) < 4.78 is 3.36. The Morgan fingerprint density at radius 3 is 2.59 bits per heavy atom. The summed E-state index contributed by atoms with van der Waals surface area (Å²) in [5.74, 6) is 1.41. The van der Waals surface area contributed by atoms with Crippen molar-refractivity contribution in [1.29, 1.82) is 0 Å². The number of rotatable bonds is 3. The Labute approximate surface area is 128 Å². The average molecular weight is 297 g/mol. The zero-order chi connectivity index (χ0) is 15.9. The molecule has 0 aliphatic rings. The Morgan fingerprint density at radius 1 is 1.18 bits per heavy atom. The lowest BCUT2D eigenvalue weighted by Crippen LogP contribution is -2.23. The molecule has 114 valence electrons. The molecule has 3 aromatic heterocycles. The van der Waals surface area contributed by atoms with Crippen LogP contribution in [-0.2, 0) is 6.54 Å². The first-order chi connectivity index (χ1) is 10.5. The molecule has 0 unspecified atom stereocenters.